The van der Waals surface area contributed by atoms with Gasteiger partial charge in [0, 0.05) is 30.0 Å². The van der Waals surface area contributed by atoms with Gasteiger partial charge in [-0.05, 0) is 11.4 Å². The first-order valence-corrected chi connectivity index (χ1v) is 4.60. The van der Waals surface area contributed by atoms with Gasteiger partial charge in [-0.3, -0.25) is 4.99 Å². The second-order valence-electron chi connectivity index (χ2n) is 2.54. The van der Waals surface area contributed by atoms with Crippen LogP contribution < -0.4 is 5.73 Å². The van der Waals surface area contributed by atoms with Crippen LogP contribution in [0.2, 0.25) is 0 Å². The number of rotatable bonds is 1. The fourth-order valence-electron chi connectivity index (χ4n) is 1.34. The molecule has 2 heterocycles. The van der Waals surface area contributed by atoms with Gasteiger partial charge in [-0.1, -0.05) is 0 Å². The maximum Gasteiger partial charge on any atom is 0.0567 e. The minimum absolute atomic E-state index is 0.573. The van der Waals surface area contributed by atoms with E-state index in [2.05, 4.69) is 16.4 Å². The van der Waals surface area contributed by atoms with Gasteiger partial charge in [0.25, 0.3) is 0 Å². The van der Waals surface area contributed by atoms with Crippen LogP contribution in [0.1, 0.15) is 10.4 Å². The molecule has 0 unspecified atom stereocenters. The molecule has 0 radical (unpaired) electrons. The molecule has 2 N–H and O–H groups in total. The highest BCUT2D eigenvalue weighted by atomic mass is 32.1. The summed E-state index contributed by atoms with van der Waals surface area (Å²) in [6.07, 6.45) is 1.09. The summed E-state index contributed by atoms with van der Waals surface area (Å²) >= 11 is 1.81. The summed E-state index contributed by atoms with van der Waals surface area (Å²) in [5, 5.41) is 2.11. The summed E-state index contributed by atoms with van der Waals surface area (Å²) in [4.78, 5) is 5.80. The van der Waals surface area contributed by atoms with E-state index in [9.17, 15) is 0 Å². The molecule has 1 aliphatic heterocycles. The lowest BCUT2D eigenvalue weighted by Crippen LogP contribution is -2.19. The Bertz CT molecular complexity index is 288. The Morgan fingerprint density at radius 1 is 1.64 bits per heavy atom. The van der Waals surface area contributed by atoms with E-state index >= 15 is 0 Å². The van der Waals surface area contributed by atoms with Crippen molar-refractivity contribution in [2.75, 3.05) is 13.1 Å². The number of aliphatic imine (C=N–C) groups is 1. The molecule has 0 bridgehead atoms. The van der Waals surface area contributed by atoms with Gasteiger partial charge in [-0.25, -0.2) is 0 Å². The maximum absolute atomic E-state index is 5.55. The van der Waals surface area contributed by atoms with Gasteiger partial charge >= 0.3 is 0 Å². The number of nitrogens with two attached hydrogens (primary N) is 1. The first-order chi connectivity index (χ1) is 5.42. The molecule has 58 valence electrons. The molecule has 1 aliphatic rings. The van der Waals surface area contributed by atoms with Gasteiger partial charge in [-0.15, -0.1) is 11.3 Å². The van der Waals surface area contributed by atoms with Gasteiger partial charge in [0.05, 0.1) is 5.71 Å². The molecule has 2 rings (SSSR count). The number of fused-ring (bicyclic) bond motifs is 1. The van der Waals surface area contributed by atoms with Crippen LogP contribution in [-0.2, 0) is 6.42 Å². The Labute approximate surface area is 69.8 Å². The number of thiophene rings is 1. The van der Waals surface area contributed by atoms with Crippen molar-refractivity contribution in [3.05, 3.63) is 21.9 Å². The average Bonchev–Trinajstić information content (AvgIpc) is 2.50. The second-order valence-corrected chi connectivity index (χ2v) is 3.54. The van der Waals surface area contributed by atoms with E-state index in [4.69, 9.17) is 5.73 Å². The Morgan fingerprint density at radius 2 is 2.55 bits per heavy atom. The maximum atomic E-state index is 5.55. The van der Waals surface area contributed by atoms with E-state index in [0.717, 1.165) is 18.7 Å². The molecule has 0 atom stereocenters. The lowest BCUT2D eigenvalue weighted by Gasteiger charge is -2.10. The highest BCUT2D eigenvalue weighted by molar-refractivity contribution is 7.10. The zero-order valence-electron chi connectivity index (χ0n) is 6.21. The predicted octanol–water partition coefficient (Wildman–Crippen LogP) is 1.05. The van der Waals surface area contributed by atoms with E-state index in [1.54, 1.807) is 0 Å². The molecule has 0 saturated carbocycles. The Balaban J connectivity index is 2.45. The topological polar surface area (TPSA) is 38.4 Å². The summed E-state index contributed by atoms with van der Waals surface area (Å²) in [5.41, 5.74) is 7.91. The van der Waals surface area contributed by atoms with Crippen molar-refractivity contribution in [3.8, 4) is 0 Å². The van der Waals surface area contributed by atoms with Crippen molar-refractivity contribution < 1.29 is 0 Å². The summed E-state index contributed by atoms with van der Waals surface area (Å²) in [5.74, 6) is 0. The molecule has 0 saturated heterocycles. The largest absolute Gasteiger partial charge is 0.325 e. The van der Waals surface area contributed by atoms with Crippen molar-refractivity contribution in [2.24, 2.45) is 10.7 Å². The van der Waals surface area contributed by atoms with Gasteiger partial charge in [0.2, 0.25) is 0 Å². The number of nitrogens with zero attached hydrogens (tertiary/aromatic N) is 1. The molecular weight excluding hydrogens is 156 g/mol. The quantitative estimate of drug-likeness (QED) is 0.665. The van der Waals surface area contributed by atoms with Crippen LogP contribution >= 0.6 is 11.3 Å². The molecule has 0 aliphatic carbocycles. The van der Waals surface area contributed by atoms with E-state index in [1.165, 1.54) is 10.4 Å². The van der Waals surface area contributed by atoms with Crippen LogP contribution in [0.4, 0.5) is 0 Å². The van der Waals surface area contributed by atoms with Crippen LogP contribution in [0, 0.1) is 0 Å². The molecule has 1 aromatic rings. The minimum atomic E-state index is 0.573. The normalized spacial score (nSPS) is 15.9. The van der Waals surface area contributed by atoms with Gasteiger partial charge in [0.15, 0.2) is 0 Å². The minimum Gasteiger partial charge on any atom is -0.325 e. The molecule has 0 aromatic carbocycles. The summed E-state index contributed by atoms with van der Waals surface area (Å²) in [6, 6.07) is 2.12. The highest BCUT2D eigenvalue weighted by Crippen LogP contribution is 2.21. The van der Waals surface area contributed by atoms with Gasteiger partial charge in [0.1, 0.15) is 0 Å². The SMILES string of the molecule is NCC1=NCCc2sccc21. The fraction of sp³-hybridized carbons (Fsp3) is 0.375. The molecule has 2 nitrogen and oxygen atoms in total. The molecule has 1 aromatic heterocycles. The molecule has 0 amide bonds. The smallest absolute Gasteiger partial charge is 0.0567 e. The molecule has 0 fully saturated rings. The first-order valence-electron chi connectivity index (χ1n) is 3.72. The molecular formula is C8H10N2S. The van der Waals surface area contributed by atoms with Gasteiger partial charge < -0.3 is 5.73 Å². The molecule has 11 heavy (non-hydrogen) atoms. The number of hydrogen-bond donors (Lipinski definition) is 1. The van der Waals surface area contributed by atoms with Crippen LogP contribution in [0.3, 0.4) is 0 Å². The lowest BCUT2D eigenvalue weighted by molar-refractivity contribution is 0.955. The summed E-state index contributed by atoms with van der Waals surface area (Å²) in [7, 11) is 0. The van der Waals surface area contributed by atoms with Crippen LogP contribution in [0.15, 0.2) is 16.4 Å². The van der Waals surface area contributed by atoms with E-state index in [0.29, 0.717) is 6.54 Å². The van der Waals surface area contributed by atoms with Gasteiger partial charge in [-0.2, -0.15) is 0 Å². The molecule has 3 heteroatoms. The standard InChI is InChI=1S/C8H10N2S/c9-5-7-6-2-4-11-8(6)1-3-10-7/h2,4H,1,3,5,9H2. The highest BCUT2D eigenvalue weighted by Gasteiger charge is 2.12. The van der Waals surface area contributed by atoms with Crippen LogP contribution in [-0.4, -0.2) is 18.8 Å². The third kappa shape index (κ3) is 1.10. The van der Waals surface area contributed by atoms with Crippen molar-refractivity contribution in [1.82, 2.24) is 0 Å². The van der Waals surface area contributed by atoms with E-state index in [-0.39, 0.29) is 0 Å². The average molecular weight is 166 g/mol. The summed E-state index contributed by atoms with van der Waals surface area (Å²) in [6.45, 7) is 1.49. The summed E-state index contributed by atoms with van der Waals surface area (Å²) < 4.78 is 0. The second kappa shape index (κ2) is 2.75. The lowest BCUT2D eigenvalue weighted by atomic mass is 10.1. The van der Waals surface area contributed by atoms with Crippen molar-refractivity contribution >= 4 is 17.0 Å². The Kier molecular flexibility index (Phi) is 1.75. The molecule has 0 spiro atoms. The van der Waals surface area contributed by atoms with Crippen molar-refractivity contribution in [3.63, 3.8) is 0 Å². The zero-order valence-corrected chi connectivity index (χ0v) is 7.03. The first kappa shape index (κ1) is 7.00. The van der Waals surface area contributed by atoms with E-state index < -0.39 is 0 Å². The zero-order chi connectivity index (χ0) is 7.68. The number of hydrogen-bond acceptors (Lipinski definition) is 3. The van der Waals surface area contributed by atoms with Crippen molar-refractivity contribution in [1.29, 1.82) is 0 Å². The van der Waals surface area contributed by atoms with Crippen LogP contribution in [0.25, 0.3) is 0 Å². The third-order valence-electron chi connectivity index (χ3n) is 1.89. The van der Waals surface area contributed by atoms with Crippen LogP contribution in [0.5, 0.6) is 0 Å². The Hall–Kier alpha value is -0.670. The third-order valence-corrected chi connectivity index (χ3v) is 2.87. The monoisotopic (exact) mass is 166 g/mol. The predicted molar refractivity (Wildman–Crippen MR) is 48.5 cm³/mol. The Morgan fingerprint density at radius 3 is 3.36 bits per heavy atom. The van der Waals surface area contributed by atoms with Crippen molar-refractivity contribution in [2.45, 2.75) is 6.42 Å². The van der Waals surface area contributed by atoms with E-state index in [1.807, 2.05) is 11.3 Å². The fourth-order valence-corrected chi connectivity index (χ4v) is 2.23.